The van der Waals surface area contributed by atoms with Crippen molar-refractivity contribution < 1.29 is 9.47 Å². The lowest BCUT2D eigenvalue weighted by molar-refractivity contribution is 0.403. The molecule has 1 aromatic rings. The van der Waals surface area contributed by atoms with Crippen LogP contribution >= 0.6 is 0 Å². The van der Waals surface area contributed by atoms with Gasteiger partial charge in [0, 0.05) is 31.2 Å². The van der Waals surface area contributed by atoms with E-state index in [9.17, 15) is 0 Å². The number of benzene rings is 1. The third kappa shape index (κ3) is 2.78. The number of rotatable bonds is 5. The zero-order valence-electron chi connectivity index (χ0n) is 11.7. The lowest BCUT2D eigenvalue weighted by Crippen LogP contribution is -2.34. The molecule has 0 spiro atoms. The molecule has 1 N–H and O–H groups in total. The highest BCUT2D eigenvalue weighted by Gasteiger charge is 2.30. The highest BCUT2D eigenvalue weighted by Crippen LogP contribution is 2.34. The number of hydrogen-bond acceptors (Lipinski definition) is 4. The molecule has 1 saturated heterocycles. The van der Waals surface area contributed by atoms with E-state index in [1.54, 1.807) is 14.2 Å². The van der Waals surface area contributed by atoms with Crippen molar-refractivity contribution in [2.45, 2.75) is 31.3 Å². The summed E-state index contributed by atoms with van der Waals surface area (Å²) in [6.07, 6.45) is 3.90. The Kier molecular flexibility index (Phi) is 3.51. The fraction of sp³-hybridized carbons (Fsp3) is 0.600. The van der Waals surface area contributed by atoms with Gasteiger partial charge in [-0.2, -0.15) is 0 Å². The van der Waals surface area contributed by atoms with Gasteiger partial charge in [-0.25, -0.2) is 0 Å². The van der Waals surface area contributed by atoms with Crippen LogP contribution in [0.15, 0.2) is 18.2 Å². The van der Waals surface area contributed by atoms with E-state index in [-0.39, 0.29) is 0 Å². The highest BCUT2D eigenvalue weighted by atomic mass is 16.5. The molecule has 1 saturated carbocycles. The van der Waals surface area contributed by atoms with E-state index in [0.29, 0.717) is 6.04 Å². The number of ether oxygens (including phenoxy) is 2. The van der Waals surface area contributed by atoms with E-state index < -0.39 is 0 Å². The minimum absolute atomic E-state index is 0.614. The van der Waals surface area contributed by atoms with Crippen molar-refractivity contribution in [1.82, 2.24) is 5.32 Å². The van der Waals surface area contributed by atoms with Crippen molar-refractivity contribution in [3.8, 4) is 11.5 Å². The molecule has 19 heavy (non-hydrogen) atoms. The van der Waals surface area contributed by atoms with Gasteiger partial charge in [0.15, 0.2) is 0 Å². The third-order valence-corrected chi connectivity index (χ3v) is 3.96. The van der Waals surface area contributed by atoms with Crippen LogP contribution in [0.3, 0.4) is 0 Å². The summed E-state index contributed by atoms with van der Waals surface area (Å²) in [6.45, 7) is 2.13. The number of nitrogens with one attached hydrogen (secondary N) is 1. The van der Waals surface area contributed by atoms with Gasteiger partial charge < -0.3 is 19.7 Å². The van der Waals surface area contributed by atoms with Crippen LogP contribution in [0.4, 0.5) is 5.69 Å². The second-order valence-electron chi connectivity index (χ2n) is 5.41. The van der Waals surface area contributed by atoms with Crippen molar-refractivity contribution in [1.29, 1.82) is 0 Å². The van der Waals surface area contributed by atoms with Crippen LogP contribution < -0.4 is 19.7 Å². The van der Waals surface area contributed by atoms with E-state index in [2.05, 4.69) is 16.3 Å². The predicted octanol–water partition coefficient (Wildman–Crippen LogP) is 2.03. The maximum Gasteiger partial charge on any atom is 0.142 e. The number of hydrogen-bond donors (Lipinski definition) is 1. The van der Waals surface area contributed by atoms with E-state index in [1.807, 2.05) is 12.1 Å². The summed E-state index contributed by atoms with van der Waals surface area (Å²) in [4.78, 5) is 2.39. The Hall–Kier alpha value is -1.42. The molecular weight excluding hydrogens is 240 g/mol. The van der Waals surface area contributed by atoms with E-state index >= 15 is 0 Å². The number of anilines is 1. The van der Waals surface area contributed by atoms with Gasteiger partial charge in [-0.15, -0.1) is 0 Å². The third-order valence-electron chi connectivity index (χ3n) is 3.96. The van der Waals surface area contributed by atoms with Gasteiger partial charge in [0.25, 0.3) is 0 Å². The zero-order valence-corrected chi connectivity index (χ0v) is 11.7. The lowest BCUT2D eigenvalue weighted by Gasteiger charge is -2.22. The molecule has 1 aliphatic heterocycles. The predicted molar refractivity (Wildman–Crippen MR) is 76.3 cm³/mol. The molecule has 4 heteroatoms. The first-order valence-corrected chi connectivity index (χ1v) is 7.03. The molecule has 1 aromatic carbocycles. The van der Waals surface area contributed by atoms with Crippen molar-refractivity contribution in [2.24, 2.45) is 0 Å². The van der Waals surface area contributed by atoms with Crippen LogP contribution in [0.1, 0.15) is 19.3 Å². The van der Waals surface area contributed by atoms with Gasteiger partial charge in [-0.1, -0.05) is 0 Å². The minimum Gasteiger partial charge on any atom is -0.497 e. The van der Waals surface area contributed by atoms with E-state index in [0.717, 1.165) is 36.3 Å². The van der Waals surface area contributed by atoms with Gasteiger partial charge in [-0.05, 0) is 31.4 Å². The Morgan fingerprint density at radius 2 is 1.95 bits per heavy atom. The first-order chi connectivity index (χ1) is 9.30. The molecule has 0 aromatic heterocycles. The quantitative estimate of drug-likeness (QED) is 0.880. The van der Waals surface area contributed by atoms with Crippen molar-refractivity contribution in [2.75, 3.05) is 32.2 Å². The van der Waals surface area contributed by atoms with Gasteiger partial charge in [0.05, 0.1) is 19.9 Å². The maximum atomic E-state index is 5.47. The smallest absolute Gasteiger partial charge is 0.142 e. The summed E-state index contributed by atoms with van der Waals surface area (Å²) in [6, 6.07) is 7.38. The molecule has 0 bridgehead atoms. The molecule has 2 fully saturated rings. The van der Waals surface area contributed by atoms with Crippen LogP contribution in [0.2, 0.25) is 0 Å². The summed E-state index contributed by atoms with van der Waals surface area (Å²) in [5.74, 6) is 1.81. The zero-order chi connectivity index (χ0) is 13.2. The normalized spacial score (nSPS) is 22.6. The Balaban J connectivity index is 1.73. The largest absolute Gasteiger partial charge is 0.497 e. The molecule has 0 amide bonds. The first kappa shape index (κ1) is 12.6. The molecule has 0 radical (unpaired) electrons. The average Bonchev–Trinajstić information content (AvgIpc) is 3.14. The fourth-order valence-corrected chi connectivity index (χ4v) is 2.74. The SMILES string of the molecule is COc1ccc(OC)c(N2CCC(NC3CC3)C2)c1. The molecule has 3 rings (SSSR count). The first-order valence-electron chi connectivity index (χ1n) is 7.03. The molecule has 4 nitrogen and oxygen atoms in total. The summed E-state index contributed by atoms with van der Waals surface area (Å²) in [5.41, 5.74) is 1.14. The van der Waals surface area contributed by atoms with Crippen LogP contribution in [0.25, 0.3) is 0 Å². The van der Waals surface area contributed by atoms with E-state index in [1.165, 1.54) is 19.3 Å². The Morgan fingerprint density at radius 3 is 2.63 bits per heavy atom. The summed E-state index contributed by atoms with van der Waals surface area (Å²) < 4.78 is 10.8. The van der Waals surface area contributed by atoms with Gasteiger partial charge in [-0.3, -0.25) is 0 Å². The molecule has 1 heterocycles. The summed E-state index contributed by atoms with van der Waals surface area (Å²) >= 11 is 0. The van der Waals surface area contributed by atoms with Crippen LogP contribution in [-0.4, -0.2) is 39.4 Å². The number of nitrogens with zero attached hydrogens (tertiary/aromatic N) is 1. The van der Waals surface area contributed by atoms with Gasteiger partial charge >= 0.3 is 0 Å². The van der Waals surface area contributed by atoms with E-state index in [4.69, 9.17) is 9.47 Å². The Bertz CT molecular complexity index is 446. The van der Waals surface area contributed by atoms with Crippen LogP contribution in [0, 0.1) is 0 Å². The summed E-state index contributed by atoms with van der Waals surface area (Å²) in [5, 5.41) is 3.70. The van der Waals surface area contributed by atoms with Gasteiger partial charge in [0.2, 0.25) is 0 Å². The number of methoxy groups -OCH3 is 2. The standard InChI is InChI=1S/C15H22N2O2/c1-18-13-5-6-15(19-2)14(9-13)17-8-7-12(10-17)16-11-3-4-11/h5-6,9,11-12,16H,3-4,7-8,10H2,1-2H3. The second kappa shape index (κ2) is 5.29. The van der Waals surface area contributed by atoms with Crippen molar-refractivity contribution >= 4 is 5.69 Å². The molecule has 1 aliphatic carbocycles. The maximum absolute atomic E-state index is 5.47. The average molecular weight is 262 g/mol. The summed E-state index contributed by atoms with van der Waals surface area (Å²) in [7, 11) is 3.42. The second-order valence-corrected chi connectivity index (χ2v) is 5.41. The highest BCUT2D eigenvalue weighted by molar-refractivity contribution is 5.62. The van der Waals surface area contributed by atoms with Crippen molar-refractivity contribution in [3.05, 3.63) is 18.2 Å². The molecule has 1 unspecified atom stereocenters. The van der Waals surface area contributed by atoms with Crippen LogP contribution in [0.5, 0.6) is 11.5 Å². The molecule has 1 atom stereocenters. The molecule has 104 valence electrons. The minimum atomic E-state index is 0.614. The fourth-order valence-electron chi connectivity index (χ4n) is 2.74. The van der Waals surface area contributed by atoms with Gasteiger partial charge in [0.1, 0.15) is 11.5 Å². The van der Waals surface area contributed by atoms with Crippen LogP contribution in [-0.2, 0) is 0 Å². The molecule has 2 aliphatic rings. The topological polar surface area (TPSA) is 33.7 Å². The lowest BCUT2D eigenvalue weighted by atomic mass is 10.2. The van der Waals surface area contributed by atoms with Crippen molar-refractivity contribution in [3.63, 3.8) is 0 Å². The monoisotopic (exact) mass is 262 g/mol. The Labute approximate surface area is 114 Å². The molecular formula is C15H22N2O2. The Morgan fingerprint density at radius 1 is 1.11 bits per heavy atom.